The summed E-state index contributed by atoms with van der Waals surface area (Å²) in [4.78, 5) is 29.8. The molecule has 0 atom stereocenters. The van der Waals surface area contributed by atoms with Gasteiger partial charge in [-0.25, -0.2) is 14.1 Å². The molecule has 2 aromatic heterocycles. The van der Waals surface area contributed by atoms with Crippen molar-refractivity contribution in [2.24, 2.45) is 0 Å². The van der Waals surface area contributed by atoms with Crippen molar-refractivity contribution in [3.8, 4) is 11.1 Å². The predicted molar refractivity (Wildman–Crippen MR) is 132 cm³/mol. The average Bonchev–Trinajstić information content (AvgIpc) is 3.30. The summed E-state index contributed by atoms with van der Waals surface area (Å²) in [6, 6.07) is 23.5. The number of hydrogen-bond acceptors (Lipinski definition) is 4. The standard InChI is InChI=1S/C27H22FN5O2/c28-23-8-4-5-19(15-23)17-32-18-30-25-24(27(32)35)16-31-33(25)14-13-29-26(34)22-11-9-21(10-12-22)20-6-2-1-3-7-20/h1-12,15-16,18H,13-14,17H2,(H,29,34). The third-order valence-corrected chi connectivity index (χ3v) is 5.73. The maximum Gasteiger partial charge on any atom is 0.264 e. The fourth-order valence-corrected chi connectivity index (χ4v) is 3.93. The number of carbonyl (C=O) groups is 1. The van der Waals surface area contributed by atoms with Gasteiger partial charge in [-0.1, -0.05) is 54.6 Å². The number of hydrogen-bond donors (Lipinski definition) is 1. The van der Waals surface area contributed by atoms with Crippen LogP contribution in [0.3, 0.4) is 0 Å². The van der Waals surface area contributed by atoms with Crippen LogP contribution in [-0.4, -0.2) is 31.8 Å². The molecule has 0 aliphatic heterocycles. The van der Waals surface area contributed by atoms with Crippen LogP contribution in [0.1, 0.15) is 15.9 Å². The SMILES string of the molecule is O=C(NCCn1ncc2c(=O)n(Cc3cccc(F)c3)cnc21)c1ccc(-c2ccccc2)cc1. The van der Waals surface area contributed by atoms with E-state index in [0.717, 1.165) is 11.1 Å². The van der Waals surface area contributed by atoms with Gasteiger partial charge in [-0.3, -0.25) is 14.2 Å². The first kappa shape index (κ1) is 22.2. The van der Waals surface area contributed by atoms with Gasteiger partial charge in [0.25, 0.3) is 11.5 Å². The number of aromatic nitrogens is 4. The third-order valence-electron chi connectivity index (χ3n) is 5.73. The Balaban J connectivity index is 1.23. The zero-order chi connectivity index (χ0) is 24.2. The van der Waals surface area contributed by atoms with Crippen LogP contribution in [0.2, 0.25) is 0 Å². The van der Waals surface area contributed by atoms with Gasteiger partial charge in [-0.2, -0.15) is 5.10 Å². The minimum Gasteiger partial charge on any atom is -0.350 e. The van der Waals surface area contributed by atoms with E-state index in [4.69, 9.17) is 0 Å². The lowest BCUT2D eigenvalue weighted by atomic mass is 10.0. The first-order valence-electron chi connectivity index (χ1n) is 11.2. The van der Waals surface area contributed by atoms with Crippen LogP contribution in [0.4, 0.5) is 4.39 Å². The van der Waals surface area contributed by atoms with Crippen molar-refractivity contribution in [3.05, 3.63) is 119 Å². The number of halogens is 1. The molecule has 5 rings (SSSR count). The van der Waals surface area contributed by atoms with Crippen molar-refractivity contribution in [1.29, 1.82) is 0 Å². The lowest BCUT2D eigenvalue weighted by Crippen LogP contribution is -2.27. The Bertz CT molecular complexity index is 1540. The van der Waals surface area contributed by atoms with Gasteiger partial charge in [0, 0.05) is 12.1 Å². The van der Waals surface area contributed by atoms with E-state index >= 15 is 0 Å². The van der Waals surface area contributed by atoms with E-state index in [-0.39, 0.29) is 23.8 Å². The van der Waals surface area contributed by atoms with Gasteiger partial charge in [-0.15, -0.1) is 0 Å². The Morgan fingerprint density at radius 3 is 2.49 bits per heavy atom. The highest BCUT2D eigenvalue weighted by molar-refractivity contribution is 5.94. The molecule has 0 unspecified atom stereocenters. The minimum absolute atomic E-state index is 0.188. The number of nitrogens with one attached hydrogen (secondary N) is 1. The molecule has 0 bridgehead atoms. The predicted octanol–water partition coefficient (Wildman–Crippen LogP) is 3.88. The summed E-state index contributed by atoms with van der Waals surface area (Å²) >= 11 is 0. The Morgan fingerprint density at radius 2 is 1.71 bits per heavy atom. The van der Waals surface area contributed by atoms with Crippen molar-refractivity contribution in [1.82, 2.24) is 24.6 Å². The van der Waals surface area contributed by atoms with E-state index in [9.17, 15) is 14.0 Å². The molecule has 7 nitrogen and oxygen atoms in total. The molecule has 0 aliphatic rings. The van der Waals surface area contributed by atoms with Gasteiger partial charge < -0.3 is 5.32 Å². The highest BCUT2D eigenvalue weighted by Gasteiger charge is 2.12. The zero-order valence-corrected chi connectivity index (χ0v) is 18.8. The van der Waals surface area contributed by atoms with Crippen molar-refractivity contribution >= 4 is 16.9 Å². The molecule has 0 spiro atoms. The molecule has 0 radical (unpaired) electrons. The fraction of sp³-hybridized carbons (Fsp3) is 0.111. The number of carbonyl (C=O) groups excluding carboxylic acids is 1. The fourth-order valence-electron chi connectivity index (χ4n) is 3.93. The summed E-state index contributed by atoms with van der Waals surface area (Å²) in [6.45, 7) is 0.894. The first-order chi connectivity index (χ1) is 17.1. The number of fused-ring (bicyclic) bond motifs is 1. The maximum absolute atomic E-state index is 13.5. The van der Waals surface area contributed by atoms with Gasteiger partial charge in [0.1, 0.15) is 17.5 Å². The second kappa shape index (κ2) is 9.72. The largest absolute Gasteiger partial charge is 0.350 e. The monoisotopic (exact) mass is 467 g/mol. The van der Waals surface area contributed by atoms with Crippen LogP contribution in [0.15, 0.2) is 96.2 Å². The molecule has 8 heteroatoms. The molecule has 0 saturated carbocycles. The van der Waals surface area contributed by atoms with Gasteiger partial charge in [0.2, 0.25) is 0 Å². The van der Waals surface area contributed by atoms with Crippen molar-refractivity contribution < 1.29 is 9.18 Å². The van der Waals surface area contributed by atoms with Crippen molar-refractivity contribution in [3.63, 3.8) is 0 Å². The second-order valence-electron chi connectivity index (χ2n) is 8.11. The lowest BCUT2D eigenvalue weighted by molar-refractivity contribution is 0.0952. The minimum atomic E-state index is -0.355. The van der Waals surface area contributed by atoms with Crippen molar-refractivity contribution in [2.75, 3.05) is 6.54 Å². The molecule has 0 saturated heterocycles. The molecule has 0 aliphatic carbocycles. The van der Waals surface area contributed by atoms with Crippen LogP contribution in [0.25, 0.3) is 22.2 Å². The highest BCUT2D eigenvalue weighted by atomic mass is 19.1. The Hall–Kier alpha value is -4.59. The normalized spacial score (nSPS) is 11.0. The molecule has 3 aromatic carbocycles. The summed E-state index contributed by atoms with van der Waals surface area (Å²) in [5, 5.41) is 7.51. The van der Waals surface area contributed by atoms with Gasteiger partial charge in [0.15, 0.2) is 5.65 Å². The Labute approximate surface area is 200 Å². The van der Waals surface area contributed by atoms with E-state index in [1.54, 1.807) is 28.9 Å². The summed E-state index contributed by atoms with van der Waals surface area (Å²) in [5.74, 6) is -0.543. The smallest absolute Gasteiger partial charge is 0.264 e. The van der Waals surface area contributed by atoms with Crippen molar-refractivity contribution in [2.45, 2.75) is 13.1 Å². The first-order valence-corrected chi connectivity index (χ1v) is 11.2. The molecule has 35 heavy (non-hydrogen) atoms. The summed E-state index contributed by atoms with van der Waals surface area (Å²) < 4.78 is 16.5. The van der Waals surface area contributed by atoms with Crippen LogP contribution in [0, 0.1) is 5.82 Å². The molecule has 1 amide bonds. The van der Waals surface area contributed by atoms with Crippen LogP contribution >= 0.6 is 0 Å². The molecular formula is C27H22FN5O2. The van der Waals surface area contributed by atoms with E-state index in [1.807, 2.05) is 42.5 Å². The molecule has 0 fully saturated rings. The topological polar surface area (TPSA) is 81.8 Å². The molecule has 1 N–H and O–H groups in total. The number of amides is 1. The average molecular weight is 468 g/mol. The molecule has 2 heterocycles. The lowest BCUT2D eigenvalue weighted by Gasteiger charge is -2.08. The van der Waals surface area contributed by atoms with Crippen LogP contribution in [-0.2, 0) is 13.1 Å². The molecule has 174 valence electrons. The highest BCUT2D eigenvalue weighted by Crippen LogP contribution is 2.19. The maximum atomic E-state index is 13.5. The number of nitrogens with zero attached hydrogens (tertiary/aromatic N) is 4. The Morgan fingerprint density at radius 1 is 0.943 bits per heavy atom. The van der Waals surface area contributed by atoms with Crippen LogP contribution < -0.4 is 10.9 Å². The van der Waals surface area contributed by atoms with Gasteiger partial charge >= 0.3 is 0 Å². The summed E-state index contributed by atoms with van der Waals surface area (Å²) in [5.41, 5.74) is 3.54. The molecular weight excluding hydrogens is 445 g/mol. The van der Waals surface area contributed by atoms with E-state index < -0.39 is 0 Å². The molecule has 5 aromatic rings. The van der Waals surface area contributed by atoms with E-state index in [0.29, 0.717) is 35.2 Å². The summed E-state index contributed by atoms with van der Waals surface area (Å²) in [7, 11) is 0. The van der Waals surface area contributed by atoms with E-state index in [1.165, 1.54) is 29.2 Å². The quantitative estimate of drug-likeness (QED) is 0.394. The summed E-state index contributed by atoms with van der Waals surface area (Å²) in [6.07, 6.45) is 2.90. The van der Waals surface area contributed by atoms with Gasteiger partial charge in [-0.05, 0) is 41.0 Å². The van der Waals surface area contributed by atoms with E-state index in [2.05, 4.69) is 15.4 Å². The zero-order valence-electron chi connectivity index (χ0n) is 18.8. The number of rotatable bonds is 7. The Kier molecular flexibility index (Phi) is 6.17. The third kappa shape index (κ3) is 4.86. The second-order valence-corrected chi connectivity index (χ2v) is 8.11. The number of benzene rings is 3. The van der Waals surface area contributed by atoms with Gasteiger partial charge in [0.05, 0.1) is 19.3 Å². The van der Waals surface area contributed by atoms with Crippen LogP contribution in [0.5, 0.6) is 0 Å².